The van der Waals surface area contributed by atoms with Gasteiger partial charge in [-0.05, 0) is 12.3 Å². The van der Waals surface area contributed by atoms with Gasteiger partial charge in [-0.15, -0.1) is 0 Å². The molecular weight excluding hydrogens is 212 g/mol. The fraction of sp³-hybridized carbons (Fsp3) is 0.800. The van der Waals surface area contributed by atoms with Gasteiger partial charge >= 0.3 is 5.97 Å². The fourth-order valence-electron chi connectivity index (χ4n) is 1.35. The maximum absolute atomic E-state index is 11.6. The number of hydrogen-bond donors (Lipinski definition) is 4. The summed E-state index contributed by atoms with van der Waals surface area (Å²) < 4.78 is 0. The summed E-state index contributed by atoms with van der Waals surface area (Å²) in [5, 5.41) is 19.7. The number of aliphatic hydroxyl groups is 1. The molecule has 0 aromatic carbocycles. The summed E-state index contributed by atoms with van der Waals surface area (Å²) in [5.41, 5.74) is 5.44. The van der Waals surface area contributed by atoms with E-state index in [1.165, 1.54) is 0 Å². The number of nitrogens with two attached hydrogens (primary N) is 1. The SMILES string of the molecule is CC(C)CC(CN)C(=O)NC(CO)C(=O)O. The molecule has 0 spiro atoms. The lowest BCUT2D eigenvalue weighted by molar-refractivity contribution is -0.143. The monoisotopic (exact) mass is 232 g/mol. The molecule has 6 nitrogen and oxygen atoms in total. The van der Waals surface area contributed by atoms with Gasteiger partial charge in [-0.3, -0.25) is 4.79 Å². The number of aliphatic hydroxyl groups excluding tert-OH is 1. The van der Waals surface area contributed by atoms with Crippen LogP contribution in [0.4, 0.5) is 0 Å². The Hall–Kier alpha value is -1.14. The zero-order chi connectivity index (χ0) is 12.7. The van der Waals surface area contributed by atoms with E-state index in [1.807, 2.05) is 13.8 Å². The highest BCUT2D eigenvalue weighted by atomic mass is 16.4. The minimum Gasteiger partial charge on any atom is -0.480 e. The third-order valence-corrected chi connectivity index (χ3v) is 2.21. The second-order valence-corrected chi connectivity index (χ2v) is 4.14. The largest absolute Gasteiger partial charge is 0.480 e. The van der Waals surface area contributed by atoms with Crippen molar-refractivity contribution in [2.45, 2.75) is 26.3 Å². The molecule has 5 N–H and O–H groups in total. The van der Waals surface area contributed by atoms with Crippen LogP contribution in [0, 0.1) is 11.8 Å². The van der Waals surface area contributed by atoms with E-state index in [9.17, 15) is 9.59 Å². The molecule has 0 aliphatic heterocycles. The van der Waals surface area contributed by atoms with Gasteiger partial charge in [0.15, 0.2) is 0 Å². The number of nitrogens with one attached hydrogen (secondary N) is 1. The number of rotatable bonds is 7. The molecule has 16 heavy (non-hydrogen) atoms. The number of aliphatic carboxylic acids is 1. The van der Waals surface area contributed by atoms with Crippen LogP contribution in [0.3, 0.4) is 0 Å². The topological polar surface area (TPSA) is 113 Å². The molecule has 0 heterocycles. The fourth-order valence-corrected chi connectivity index (χ4v) is 1.35. The van der Waals surface area contributed by atoms with Gasteiger partial charge in [-0.1, -0.05) is 13.8 Å². The van der Waals surface area contributed by atoms with Crippen molar-refractivity contribution in [1.29, 1.82) is 0 Å². The Morgan fingerprint density at radius 3 is 2.25 bits per heavy atom. The molecule has 0 aromatic rings. The van der Waals surface area contributed by atoms with Gasteiger partial charge < -0.3 is 21.3 Å². The number of carbonyl (C=O) groups excluding carboxylic acids is 1. The first-order valence-corrected chi connectivity index (χ1v) is 5.26. The molecule has 1 amide bonds. The van der Waals surface area contributed by atoms with Crippen molar-refractivity contribution in [3.05, 3.63) is 0 Å². The molecule has 0 aliphatic rings. The summed E-state index contributed by atoms with van der Waals surface area (Å²) in [7, 11) is 0. The number of carboxylic acid groups (broad SMARTS) is 1. The van der Waals surface area contributed by atoms with Crippen LogP contribution >= 0.6 is 0 Å². The van der Waals surface area contributed by atoms with Crippen LogP contribution in [0.5, 0.6) is 0 Å². The maximum Gasteiger partial charge on any atom is 0.328 e. The number of hydrogen-bond acceptors (Lipinski definition) is 4. The third-order valence-electron chi connectivity index (χ3n) is 2.21. The Balaban J connectivity index is 4.34. The van der Waals surface area contributed by atoms with Crippen LogP contribution in [0.2, 0.25) is 0 Å². The molecule has 0 bridgehead atoms. The zero-order valence-corrected chi connectivity index (χ0v) is 9.64. The van der Waals surface area contributed by atoms with Crippen molar-refractivity contribution < 1.29 is 19.8 Å². The van der Waals surface area contributed by atoms with Crippen molar-refractivity contribution in [1.82, 2.24) is 5.32 Å². The Kier molecular flexibility index (Phi) is 6.67. The molecule has 0 aliphatic carbocycles. The van der Waals surface area contributed by atoms with E-state index < -0.39 is 30.4 Å². The highest BCUT2D eigenvalue weighted by molar-refractivity contribution is 5.85. The molecular formula is C10H20N2O4. The van der Waals surface area contributed by atoms with Crippen molar-refractivity contribution in [2.75, 3.05) is 13.2 Å². The van der Waals surface area contributed by atoms with Crippen LogP contribution in [0.15, 0.2) is 0 Å². The Morgan fingerprint density at radius 1 is 1.38 bits per heavy atom. The van der Waals surface area contributed by atoms with Crippen LogP contribution in [-0.4, -0.2) is 41.3 Å². The first-order valence-electron chi connectivity index (χ1n) is 5.26. The summed E-state index contributed by atoms with van der Waals surface area (Å²) in [6.45, 7) is 3.45. The normalized spacial score (nSPS) is 14.6. The van der Waals surface area contributed by atoms with E-state index in [0.717, 1.165) is 0 Å². The minimum atomic E-state index is -1.26. The van der Waals surface area contributed by atoms with E-state index in [0.29, 0.717) is 12.3 Å². The summed E-state index contributed by atoms with van der Waals surface area (Å²) in [6, 6.07) is -1.26. The van der Waals surface area contributed by atoms with Crippen molar-refractivity contribution in [3.8, 4) is 0 Å². The molecule has 94 valence electrons. The first-order chi connectivity index (χ1) is 7.42. The lowest BCUT2D eigenvalue weighted by Gasteiger charge is -2.19. The lowest BCUT2D eigenvalue weighted by atomic mass is 9.96. The Bertz CT molecular complexity index is 243. The van der Waals surface area contributed by atoms with E-state index in [4.69, 9.17) is 15.9 Å². The standard InChI is InChI=1S/C10H20N2O4/c1-6(2)3-7(4-11)9(14)12-8(5-13)10(15)16/h6-8,13H,3-5,11H2,1-2H3,(H,12,14)(H,15,16). The smallest absolute Gasteiger partial charge is 0.328 e. The number of carboxylic acids is 1. The molecule has 2 unspecified atom stereocenters. The van der Waals surface area contributed by atoms with Crippen molar-refractivity contribution in [3.63, 3.8) is 0 Å². The quantitative estimate of drug-likeness (QED) is 0.457. The molecule has 0 rings (SSSR count). The molecule has 0 saturated carbocycles. The third kappa shape index (κ3) is 5.09. The summed E-state index contributed by atoms with van der Waals surface area (Å²) in [6.07, 6.45) is 0.597. The molecule has 0 saturated heterocycles. The predicted octanol–water partition coefficient (Wildman–Crippen LogP) is -0.831. The number of carbonyl (C=O) groups is 2. The Labute approximate surface area is 94.8 Å². The highest BCUT2D eigenvalue weighted by Gasteiger charge is 2.24. The molecule has 0 aromatic heterocycles. The average Bonchev–Trinajstić information content (AvgIpc) is 2.21. The molecule has 0 radical (unpaired) electrons. The highest BCUT2D eigenvalue weighted by Crippen LogP contribution is 2.10. The molecule has 2 atom stereocenters. The predicted molar refractivity (Wildman–Crippen MR) is 58.7 cm³/mol. The minimum absolute atomic E-state index is 0.168. The van der Waals surface area contributed by atoms with Gasteiger partial charge in [0.1, 0.15) is 6.04 Å². The molecule has 0 fully saturated rings. The first kappa shape index (κ1) is 14.9. The van der Waals surface area contributed by atoms with Gasteiger partial charge in [0.25, 0.3) is 0 Å². The van der Waals surface area contributed by atoms with Crippen molar-refractivity contribution in [2.24, 2.45) is 17.6 Å². The van der Waals surface area contributed by atoms with Crippen LogP contribution < -0.4 is 11.1 Å². The van der Waals surface area contributed by atoms with Crippen LogP contribution in [0.1, 0.15) is 20.3 Å². The van der Waals surface area contributed by atoms with Crippen molar-refractivity contribution >= 4 is 11.9 Å². The molecule has 6 heteroatoms. The summed E-state index contributed by atoms with van der Waals surface area (Å²) in [5.74, 6) is -1.78. The van der Waals surface area contributed by atoms with Gasteiger partial charge in [-0.25, -0.2) is 4.79 Å². The average molecular weight is 232 g/mol. The lowest BCUT2D eigenvalue weighted by Crippen LogP contribution is -2.47. The van der Waals surface area contributed by atoms with Crippen LogP contribution in [0.25, 0.3) is 0 Å². The zero-order valence-electron chi connectivity index (χ0n) is 9.64. The summed E-state index contributed by atoms with van der Waals surface area (Å²) >= 11 is 0. The second kappa shape index (κ2) is 7.19. The maximum atomic E-state index is 11.6. The number of amides is 1. The van der Waals surface area contributed by atoms with Gasteiger partial charge in [0, 0.05) is 6.54 Å². The van der Waals surface area contributed by atoms with Crippen LogP contribution in [-0.2, 0) is 9.59 Å². The van der Waals surface area contributed by atoms with E-state index in [-0.39, 0.29) is 6.54 Å². The summed E-state index contributed by atoms with van der Waals surface area (Å²) in [4.78, 5) is 22.2. The van der Waals surface area contributed by atoms with E-state index in [1.54, 1.807) is 0 Å². The second-order valence-electron chi connectivity index (χ2n) is 4.14. The van der Waals surface area contributed by atoms with Gasteiger partial charge in [0.05, 0.1) is 12.5 Å². The van der Waals surface area contributed by atoms with E-state index in [2.05, 4.69) is 5.32 Å². The van der Waals surface area contributed by atoms with E-state index >= 15 is 0 Å². The van der Waals surface area contributed by atoms with Gasteiger partial charge in [-0.2, -0.15) is 0 Å². The van der Waals surface area contributed by atoms with Gasteiger partial charge in [0.2, 0.25) is 5.91 Å². The Morgan fingerprint density at radius 2 is 1.94 bits per heavy atom.